The van der Waals surface area contributed by atoms with Crippen LogP contribution < -0.4 is 9.47 Å². The van der Waals surface area contributed by atoms with E-state index in [-0.39, 0.29) is 11.2 Å². The van der Waals surface area contributed by atoms with Crippen molar-refractivity contribution in [2.45, 2.75) is 92.8 Å². The summed E-state index contributed by atoms with van der Waals surface area (Å²) in [5, 5.41) is 37.2. The van der Waals surface area contributed by atoms with E-state index in [2.05, 4.69) is 446 Å². The number of aromatic nitrogens is 16. The molecule has 0 spiro atoms. The summed E-state index contributed by atoms with van der Waals surface area (Å²) in [7, 11) is 0. The predicted molar refractivity (Wildman–Crippen MR) is 607 cm³/mol. The van der Waals surface area contributed by atoms with Gasteiger partial charge in [0.25, 0.3) is 0 Å². The first-order valence-electron chi connectivity index (χ1n) is 50.5. The monoisotopic (exact) mass is 1950 g/mol. The number of aryl methyl sites for hydroxylation is 2. The zero-order chi connectivity index (χ0) is 103. The second-order valence-electron chi connectivity index (χ2n) is 38.9. The molecule has 8 heterocycles. The largest absolute Gasteiger partial charge is 0.488 e. The van der Waals surface area contributed by atoms with Crippen LogP contribution in [0.3, 0.4) is 0 Å². The first-order chi connectivity index (χ1) is 73.3. The van der Waals surface area contributed by atoms with E-state index in [0.717, 1.165) is 176 Å². The molecule has 0 saturated heterocycles. The fraction of sp³-hybridized carbons (Fsp3) is 0.106. The Kier molecular flexibility index (Phi) is 29.6. The van der Waals surface area contributed by atoms with Gasteiger partial charge in [-0.3, -0.25) is 38.2 Å². The lowest BCUT2D eigenvalue weighted by molar-refractivity contribution is 0.130. The zero-order valence-corrected chi connectivity index (χ0v) is 85.4. The van der Waals surface area contributed by atoms with E-state index >= 15 is 0 Å². The third kappa shape index (κ3) is 23.4. The molecule has 0 amide bonds. The Morgan fingerprint density at radius 2 is 0.393 bits per heavy atom. The van der Waals surface area contributed by atoms with E-state index in [4.69, 9.17) is 9.47 Å². The van der Waals surface area contributed by atoms with Crippen molar-refractivity contribution in [3.8, 4) is 203 Å². The van der Waals surface area contributed by atoms with Crippen molar-refractivity contribution in [1.82, 2.24) is 79.0 Å². The number of ether oxygens (including phenoxy) is 2. The van der Waals surface area contributed by atoms with Crippen molar-refractivity contribution < 1.29 is 9.47 Å². The van der Waals surface area contributed by atoms with Gasteiger partial charge in [0, 0.05) is 117 Å². The molecule has 0 radical (unpaired) electrons. The van der Waals surface area contributed by atoms with Crippen LogP contribution in [0.25, 0.3) is 192 Å². The molecule has 23 rings (SSSR count). The number of hydrogen-bond acceptors (Lipinski definition) is 14. The molecule has 18 heteroatoms. The van der Waals surface area contributed by atoms with Crippen LogP contribution in [0.15, 0.2) is 480 Å². The maximum Gasteiger partial charge on any atom is 0.168 e. The average molecular weight is 1950 g/mol. The quantitative estimate of drug-likeness (QED) is 0.0587. The van der Waals surface area contributed by atoms with Crippen LogP contribution in [0, 0.1) is 6.92 Å². The van der Waals surface area contributed by atoms with E-state index in [0.29, 0.717) is 5.92 Å². The van der Waals surface area contributed by atoms with Crippen molar-refractivity contribution >= 4 is 0 Å². The zero-order valence-electron chi connectivity index (χ0n) is 85.4. The van der Waals surface area contributed by atoms with Crippen molar-refractivity contribution in [1.29, 1.82) is 0 Å². The second kappa shape index (κ2) is 45.1. The summed E-state index contributed by atoms with van der Waals surface area (Å²) in [6, 6.07) is 148. The summed E-state index contributed by atoms with van der Waals surface area (Å²) in [6.45, 7) is 20.9. The molecule has 15 aromatic carbocycles. The molecule has 0 fully saturated rings. The number of pyridine rings is 4. The Hall–Kier alpha value is -18.9. The standard InChI is InChI=1S/C34H28N4.C33H34N4O2.C33H26N4.C32H24N4/c1-24(2)25-10-14-29(15-11-25)33-36-37-34(30-16-12-27(13-17-30)26-7-4-3-5-8-26)38(33)32-20-18-28(19-21-32)31-9-6-22-35-23-31;1-32(2,3)38-28-17-11-24(12-18-28)30-35-36-31(25-13-19-29(20-14-25)39-33(4,5)6)37(30)27-15-9-23(10-16-27)26-8-7-21-34-22-26;1-2-24-10-12-28(13-11-24)32-35-36-33(29-16-14-26(15-17-29)25-7-4-3-5-8-25)37(32)31-20-18-27(19-21-31)30-9-6-22-34-23-30;1-23-9-11-27(12-10-23)31-34-35-32(28-15-13-25(14-16-28)24-6-3-2-4-7-24)36(31)30-19-17-26(18-20-30)29-8-5-21-33-22-29/h3-24H,1-2H3;7-22H,1-6H3;3-23H,2H2,1H3;2-22H,1H3. The third-order valence-electron chi connectivity index (χ3n) is 25.7. The molecular weight excluding hydrogens is 1840 g/mol. The number of nitrogens with zero attached hydrogens (tertiary/aromatic N) is 16. The fourth-order valence-corrected chi connectivity index (χ4v) is 17.9. The van der Waals surface area contributed by atoms with Crippen LogP contribution in [0.5, 0.6) is 11.5 Å². The van der Waals surface area contributed by atoms with Crippen molar-refractivity contribution in [3.63, 3.8) is 0 Å². The molecule has 0 bridgehead atoms. The lowest BCUT2D eigenvalue weighted by Crippen LogP contribution is -2.22. The molecule has 0 N–H and O–H groups in total. The summed E-state index contributed by atoms with van der Waals surface area (Å²) in [5.74, 6) is 8.46. The minimum atomic E-state index is -0.270. The van der Waals surface area contributed by atoms with Gasteiger partial charge in [-0.05, 0) is 271 Å². The van der Waals surface area contributed by atoms with E-state index < -0.39 is 0 Å². The van der Waals surface area contributed by atoms with Gasteiger partial charge >= 0.3 is 0 Å². The topological polar surface area (TPSA) is 193 Å². The Labute approximate surface area is 875 Å². The third-order valence-corrected chi connectivity index (χ3v) is 25.7. The van der Waals surface area contributed by atoms with E-state index in [9.17, 15) is 0 Å². The molecule has 0 aliphatic carbocycles. The lowest BCUT2D eigenvalue weighted by Gasteiger charge is -2.21. The average Bonchev–Trinajstić information content (AvgIpc) is 1.80. The van der Waals surface area contributed by atoms with Crippen LogP contribution in [0.2, 0.25) is 0 Å². The smallest absolute Gasteiger partial charge is 0.168 e. The number of hydrogen-bond donors (Lipinski definition) is 0. The SMILES string of the molecule is CC(C)(C)Oc1ccc(-c2nnc(-c3ccc(OC(C)(C)C)cc3)n2-c2ccc(-c3cccnc3)cc2)cc1.CC(C)c1ccc(-c2nnc(-c3ccc(-c4ccccc4)cc3)n2-c2ccc(-c3cccnc3)cc2)cc1.CCc1ccc(-c2nnc(-c3ccc(-c4ccccc4)cc3)n2-c2ccc(-c3cccnc3)cc2)cc1.Cc1ccc(-c2nnc(-c3ccc(-c4ccccc4)cc3)n2-c2ccc(-c3cccnc3)cc2)cc1. The first-order valence-corrected chi connectivity index (χ1v) is 50.5. The van der Waals surface area contributed by atoms with Crippen LogP contribution in [0.1, 0.15) is 84.9 Å². The Balaban J connectivity index is 0.000000121. The Morgan fingerprint density at radius 1 is 0.207 bits per heavy atom. The Morgan fingerprint density at radius 3 is 0.607 bits per heavy atom. The molecule has 732 valence electrons. The van der Waals surface area contributed by atoms with Gasteiger partial charge in [-0.2, -0.15) is 0 Å². The van der Waals surface area contributed by atoms with Crippen molar-refractivity contribution in [2.75, 3.05) is 0 Å². The highest BCUT2D eigenvalue weighted by atomic mass is 16.5. The van der Waals surface area contributed by atoms with Crippen LogP contribution in [-0.2, 0) is 6.42 Å². The minimum absolute atomic E-state index is 0.270. The molecule has 0 aliphatic heterocycles. The molecule has 150 heavy (non-hydrogen) atoms. The highest BCUT2D eigenvalue weighted by Gasteiger charge is 2.26. The first kappa shape index (κ1) is 98.5. The van der Waals surface area contributed by atoms with Gasteiger partial charge in [0.1, 0.15) is 22.7 Å². The maximum absolute atomic E-state index is 6.02. The number of benzene rings is 15. The summed E-state index contributed by atoms with van der Waals surface area (Å²) < 4.78 is 20.6. The molecule has 0 atom stereocenters. The van der Waals surface area contributed by atoms with Gasteiger partial charge in [0.05, 0.1) is 0 Å². The normalized spacial score (nSPS) is 11.2. The second-order valence-corrected chi connectivity index (χ2v) is 38.9. The van der Waals surface area contributed by atoms with Crippen LogP contribution in [0.4, 0.5) is 0 Å². The predicted octanol–water partition coefficient (Wildman–Crippen LogP) is 32.0. The van der Waals surface area contributed by atoms with Crippen molar-refractivity contribution in [3.05, 3.63) is 497 Å². The van der Waals surface area contributed by atoms with Gasteiger partial charge < -0.3 is 9.47 Å². The summed E-state index contributed by atoms with van der Waals surface area (Å²) in [5.41, 5.74) is 31.1. The molecule has 18 nitrogen and oxygen atoms in total. The molecule has 8 aromatic heterocycles. The number of rotatable bonds is 23. The van der Waals surface area contributed by atoms with Gasteiger partial charge in [0.2, 0.25) is 0 Å². The van der Waals surface area contributed by atoms with Gasteiger partial charge in [-0.1, -0.05) is 336 Å². The molecule has 23 aromatic rings. The van der Waals surface area contributed by atoms with Crippen LogP contribution in [-0.4, -0.2) is 90.2 Å². The molecule has 0 unspecified atom stereocenters. The van der Waals surface area contributed by atoms with Crippen molar-refractivity contribution in [2.24, 2.45) is 0 Å². The van der Waals surface area contributed by atoms with Gasteiger partial charge in [-0.15, -0.1) is 40.8 Å². The van der Waals surface area contributed by atoms with E-state index in [1.807, 2.05) is 157 Å². The summed E-state index contributed by atoms with van der Waals surface area (Å²) in [6.07, 6.45) is 15.7. The Bertz CT molecular complexity index is 8270. The summed E-state index contributed by atoms with van der Waals surface area (Å²) in [4.78, 5) is 17.0. The van der Waals surface area contributed by atoms with E-state index in [1.54, 1.807) is 24.8 Å². The lowest BCUT2D eigenvalue weighted by atomic mass is 10.0. The summed E-state index contributed by atoms with van der Waals surface area (Å²) >= 11 is 0. The maximum atomic E-state index is 6.02. The highest BCUT2D eigenvalue weighted by molar-refractivity contribution is 5.79. The molecule has 0 aliphatic rings. The molecule has 0 saturated carbocycles. The van der Waals surface area contributed by atoms with Crippen LogP contribution >= 0.6 is 0 Å². The molecular formula is C132H112N16O2. The minimum Gasteiger partial charge on any atom is -0.488 e. The van der Waals surface area contributed by atoms with Gasteiger partial charge in [0.15, 0.2) is 46.6 Å². The van der Waals surface area contributed by atoms with Gasteiger partial charge in [-0.25, -0.2) is 0 Å². The van der Waals surface area contributed by atoms with E-state index in [1.165, 1.54) is 50.1 Å². The highest BCUT2D eigenvalue weighted by Crippen LogP contribution is 2.40. The fourth-order valence-electron chi connectivity index (χ4n) is 17.9.